The van der Waals surface area contributed by atoms with Crippen molar-refractivity contribution in [2.75, 3.05) is 6.54 Å². The Morgan fingerprint density at radius 1 is 1.32 bits per heavy atom. The lowest BCUT2D eigenvalue weighted by molar-refractivity contribution is -0.309. The van der Waals surface area contributed by atoms with E-state index in [9.17, 15) is 19.5 Å². The third-order valence-electron chi connectivity index (χ3n) is 4.59. The van der Waals surface area contributed by atoms with Gasteiger partial charge in [0.15, 0.2) is 0 Å². The topological polar surface area (TPSA) is 89.5 Å². The average Bonchev–Trinajstić information content (AvgIpc) is 2.92. The maximum Gasteiger partial charge on any atom is 0.266 e. The van der Waals surface area contributed by atoms with Crippen LogP contribution in [0.25, 0.3) is 6.08 Å². The second kappa shape index (κ2) is 9.84. The number of benzene rings is 1. The molecule has 2 rings (SSSR count). The highest BCUT2D eigenvalue weighted by Crippen LogP contribution is 2.32. The van der Waals surface area contributed by atoms with Gasteiger partial charge in [-0.2, -0.15) is 0 Å². The number of hydrogen-bond donors (Lipinski definition) is 1. The number of aliphatic carboxylic acids is 1. The standard InChI is InChI=1S/C20H24N2O4S2/c1-4-13(3)17(19(25)26)21-16(23)9-10-22-18(24)15(28-20(22)27)11-14-7-5-12(2)6-8-14/h5-8,11,13,17H,4,9-10H2,1-3H3,(H,21,23)(H,25,26)/p-1/b15-11+/t13-,17+/m1/s1. The molecule has 2 atom stereocenters. The SMILES string of the molecule is CC[C@@H](C)[C@H](NC(=O)CCN1C(=O)/C(=C\c2ccc(C)cc2)SC1=S)C(=O)[O-]. The van der Waals surface area contributed by atoms with E-state index in [2.05, 4.69) is 5.32 Å². The highest BCUT2D eigenvalue weighted by Gasteiger charge is 2.32. The monoisotopic (exact) mass is 419 g/mol. The summed E-state index contributed by atoms with van der Waals surface area (Å²) in [6, 6.07) is 6.71. The minimum absolute atomic E-state index is 0.0372. The van der Waals surface area contributed by atoms with E-state index >= 15 is 0 Å². The smallest absolute Gasteiger partial charge is 0.266 e. The van der Waals surface area contributed by atoms with E-state index in [4.69, 9.17) is 12.2 Å². The van der Waals surface area contributed by atoms with Crippen molar-refractivity contribution in [3.8, 4) is 0 Å². The number of hydrogen-bond acceptors (Lipinski definition) is 6. The first kappa shape index (κ1) is 22.1. The fraction of sp³-hybridized carbons (Fsp3) is 0.400. The van der Waals surface area contributed by atoms with E-state index in [0.717, 1.165) is 11.1 Å². The van der Waals surface area contributed by atoms with E-state index in [-0.39, 0.29) is 24.8 Å². The molecule has 150 valence electrons. The molecule has 0 unspecified atom stereocenters. The Labute approximate surface area is 174 Å². The first-order valence-electron chi connectivity index (χ1n) is 9.05. The molecule has 0 spiro atoms. The summed E-state index contributed by atoms with van der Waals surface area (Å²) in [7, 11) is 0. The number of thioether (sulfide) groups is 1. The van der Waals surface area contributed by atoms with E-state index in [0.29, 0.717) is 15.6 Å². The van der Waals surface area contributed by atoms with Crippen molar-refractivity contribution in [2.24, 2.45) is 5.92 Å². The summed E-state index contributed by atoms with van der Waals surface area (Å²) in [5.74, 6) is -2.26. The number of rotatable bonds is 8. The van der Waals surface area contributed by atoms with Crippen molar-refractivity contribution >= 4 is 52.2 Å². The number of amides is 2. The molecule has 1 heterocycles. The fourth-order valence-corrected chi connectivity index (χ4v) is 3.94. The molecule has 28 heavy (non-hydrogen) atoms. The molecular weight excluding hydrogens is 396 g/mol. The quantitative estimate of drug-likeness (QED) is 0.511. The summed E-state index contributed by atoms with van der Waals surface area (Å²) >= 11 is 6.46. The van der Waals surface area contributed by atoms with Crippen LogP contribution in [-0.2, 0) is 14.4 Å². The summed E-state index contributed by atoms with van der Waals surface area (Å²) in [4.78, 5) is 37.8. The lowest BCUT2D eigenvalue weighted by Crippen LogP contribution is -2.51. The number of carbonyl (C=O) groups is 3. The third-order valence-corrected chi connectivity index (χ3v) is 5.97. The van der Waals surface area contributed by atoms with E-state index in [1.54, 1.807) is 13.0 Å². The number of thiocarbonyl (C=S) groups is 1. The van der Waals surface area contributed by atoms with Crippen LogP contribution in [0.15, 0.2) is 29.2 Å². The largest absolute Gasteiger partial charge is 0.548 e. The minimum atomic E-state index is -1.31. The van der Waals surface area contributed by atoms with Crippen molar-refractivity contribution in [1.82, 2.24) is 10.2 Å². The average molecular weight is 420 g/mol. The second-order valence-corrected chi connectivity index (χ2v) is 8.42. The van der Waals surface area contributed by atoms with Crippen molar-refractivity contribution in [3.05, 3.63) is 40.3 Å². The molecular formula is C20H23N2O4S2-. The number of carboxylic acid groups (broad SMARTS) is 1. The number of nitrogens with zero attached hydrogens (tertiary/aromatic N) is 1. The van der Waals surface area contributed by atoms with Gasteiger partial charge in [-0.05, 0) is 24.5 Å². The predicted molar refractivity (Wildman–Crippen MR) is 112 cm³/mol. The molecule has 2 amide bonds. The molecule has 1 N–H and O–H groups in total. The van der Waals surface area contributed by atoms with Crippen molar-refractivity contribution < 1.29 is 19.5 Å². The normalized spacial score (nSPS) is 17.7. The van der Waals surface area contributed by atoms with Crippen LogP contribution in [-0.4, -0.2) is 39.6 Å². The van der Waals surface area contributed by atoms with Gasteiger partial charge in [-0.3, -0.25) is 14.5 Å². The van der Waals surface area contributed by atoms with Crippen molar-refractivity contribution in [1.29, 1.82) is 0 Å². The van der Waals surface area contributed by atoms with Crippen LogP contribution in [0.5, 0.6) is 0 Å². The fourth-order valence-electron chi connectivity index (χ4n) is 2.63. The van der Waals surface area contributed by atoms with Gasteiger partial charge in [-0.15, -0.1) is 0 Å². The van der Waals surface area contributed by atoms with Gasteiger partial charge in [-0.25, -0.2) is 0 Å². The number of carbonyl (C=O) groups excluding carboxylic acids is 3. The zero-order valence-electron chi connectivity index (χ0n) is 16.1. The Balaban J connectivity index is 1.98. The zero-order chi connectivity index (χ0) is 20.8. The van der Waals surface area contributed by atoms with Crippen LogP contribution in [0.4, 0.5) is 0 Å². The molecule has 6 nitrogen and oxygen atoms in total. The third kappa shape index (κ3) is 5.65. The van der Waals surface area contributed by atoms with Gasteiger partial charge < -0.3 is 15.2 Å². The van der Waals surface area contributed by atoms with Crippen LogP contribution in [0.2, 0.25) is 0 Å². The molecule has 0 saturated carbocycles. The molecule has 0 bridgehead atoms. The molecule has 0 aliphatic carbocycles. The van der Waals surface area contributed by atoms with Crippen LogP contribution >= 0.6 is 24.0 Å². The number of aryl methyl sites for hydroxylation is 1. The Hall–Kier alpha value is -2.19. The van der Waals surface area contributed by atoms with Gasteiger partial charge in [0, 0.05) is 13.0 Å². The van der Waals surface area contributed by atoms with E-state index in [1.165, 1.54) is 16.7 Å². The maximum absolute atomic E-state index is 12.6. The predicted octanol–water partition coefficient (Wildman–Crippen LogP) is 1.87. The maximum atomic E-state index is 12.6. The van der Waals surface area contributed by atoms with Gasteiger partial charge >= 0.3 is 0 Å². The molecule has 1 saturated heterocycles. The molecule has 0 aromatic heterocycles. The Morgan fingerprint density at radius 3 is 2.54 bits per heavy atom. The van der Waals surface area contributed by atoms with Crippen LogP contribution in [0.1, 0.15) is 37.8 Å². The lowest BCUT2D eigenvalue weighted by atomic mass is 9.99. The van der Waals surface area contributed by atoms with Crippen LogP contribution < -0.4 is 10.4 Å². The Bertz CT molecular complexity index is 805. The summed E-state index contributed by atoms with van der Waals surface area (Å²) in [5, 5.41) is 13.7. The van der Waals surface area contributed by atoms with Crippen LogP contribution in [0.3, 0.4) is 0 Å². The first-order chi connectivity index (χ1) is 13.2. The molecule has 8 heteroatoms. The summed E-state index contributed by atoms with van der Waals surface area (Å²) in [5.41, 5.74) is 2.03. The first-order valence-corrected chi connectivity index (χ1v) is 10.3. The van der Waals surface area contributed by atoms with Gasteiger partial charge in [0.1, 0.15) is 4.32 Å². The number of carboxylic acids is 1. The van der Waals surface area contributed by atoms with Gasteiger partial charge in [-0.1, -0.05) is 74.1 Å². The van der Waals surface area contributed by atoms with E-state index in [1.807, 2.05) is 38.1 Å². The minimum Gasteiger partial charge on any atom is -0.548 e. The molecule has 1 fully saturated rings. The van der Waals surface area contributed by atoms with Crippen molar-refractivity contribution in [2.45, 2.75) is 39.7 Å². The lowest BCUT2D eigenvalue weighted by Gasteiger charge is -2.25. The molecule has 1 aliphatic rings. The Morgan fingerprint density at radius 2 is 1.96 bits per heavy atom. The molecule has 1 aliphatic heterocycles. The molecule has 0 radical (unpaired) electrons. The Kier molecular flexibility index (Phi) is 7.77. The highest BCUT2D eigenvalue weighted by molar-refractivity contribution is 8.26. The number of nitrogens with one attached hydrogen (secondary N) is 1. The summed E-state index contributed by atoms with van der Waals surface area (Å²) in [6.07, 6.45) is 2.33. The summed E-state index contributed by atoms with van der Waals surface area (Å²) < 4.78 is 0.384. The van der Waals surface area contributed by atoms with Crippen LogP contribution in [0, 0.1) is 12.8 Å². The molecule has 1 aromatic carbocycles. The van der Waals surface area contributed by atoms with Gasteiger partial charge in [0.2, 0.25) is 5.91 Å². The summed E-state index contributed by atoms with van der Waals surface area (Å²) in [6.45, 7) is 5.66. The second-order valence-electron chi connectivity index (χ2n) is 6.74. The highest BCUT2D eigenvalue weighted by atomic mass is 32.2. The van der Waals surface area contributed by atoms with E-state index < -0.39 is 17.9 Å². The molecule has 1 aromatic rings. The zero-order valence-corrected chi connectivity index (χ0v) is 17.7. The van der Waals surface area contributed by atoms with Gasteiger partial charge in [0.25, 0.3) is 5.91 Å². The van der Waals surface area contributed by atoms with Gasteiger partial charge in [0.05, 0.1) is 16.9 Å². The van der Waals surface area contributed by atoms with Crippen molar-refractivity contribution in [3.63, 3.8) is 0 Å².